The largest absolute Gasteiger partial charge is 0.458 e. The maximum Gasteiger partial charge on any atom is 0.338 e. The van der Waals surface area contributed by atoms with Crippen LogP contribution in [-0.2, 0) is 66.3 Å². The van der Waals surface area contributed by atoms with Crippen molar-refractivity contribution in [3.63, 3.8) is 0 Å². The number of rotatable bonds is 17. The molecule has 21 nitrogen and oxygen atoms in total. The third-order valence-corrected chi connectivity index (χ3v) is 21.5. The third kappa shape index (κ3) is 11.3. The Kier molecular flexibility index (Phi) is 19.2. The second-order valence-electron chi connectivity index (χ2n) is 25.7. The standard InChI is InChI=1S/C63H92O21/c1-33-50(64)55(74-11)51(65)58(78-33)84-54-36(4)77-49(31-44(54)73-10)83-53-35(3)76-48(30-43(53)72-9)82-52-34(2)75-47(29-42(52)71-8)80-41-23-24-59(6)40(28-41)22-25-62(69)45(59)32-46(81-57(67)39-20-16-13-17-21-39)60(7)61(68,26-27-63(60,62)70)37(5)79-56(66)38-18-14-12-15-19-38/h12-21,33-37,40-55,58,64-65,68-70H,22-32H2,1-11H3/t33-,34-,35-,36-,37+,40+,41+,42+,43+,44-,45-,46-,47+,48+,49+,50-,51-,52-,53-,54-,55-,58+,59+,60-,61-,62+,63-/m1/s1. The van der Waals surface area contributed by atoms with Gasteiger partial charge in [-0.1, -0.05) is 50.2 Å². The lowest BCUT2D eigenvalue weighted by atomic mass is 9.40. The monoisotopic (exact) mass is 1180 g/mol. The lowest BCUT2D eigenvalue weighted by Crippen LogP contribution is -2.79. The molecule has 0 aromatic heterocycles. The van der Waals surface area contributed by atoms with E-state index in [1.54, 1.807) is 103 Å². The fourth-order valence-electron chi connectivity index (χ4n) is 16.5. The summed E-state index contributed by atoms with van der Waals surface area (Å²) in [5.41, 5.74) is -7.15. The van der Waals surface area contributed by atoms with Crippen molar-refractivity contribution in [3.8, 4) is 0 Å². The second kappa shape index (κ2) is 25.3. The number of aliphatic hydroxyl groups excluding tert-OH is 2. The number of carbonyl (C=O) groups is 2. The van der Waals surface area contributed by atoms with E-state index < -0.39 is 162 Å². The first kappa shape index (κ1) is 63.7. The number of fused-ring (bicyclic) bond motifs is 5. The molecule has 0 bridgehead atoms. The Labute approximate surface area is 493 Å². The summed E-state index contributed by atoms with van der Waals surface area (Å²) < 4.78 is 87.6. The van der Waals surface area contributed by atoms with Gasteiger partial charge in [0.25, 0.3) is 0 Å². The summed E-state index contributed by atoms with van der Waals surface area (Å²) in [5, 5.41) is 61.3. The topological polar surface area (TPSA) is 265 Å². The van der Waals surface area contributed by atoms with Gasteiger partial charge in [-0.25, -0.2) is 9.59 Å². The van der Waals surface area contributed by atoms with E-state index in [1.807, 2.05) is 20.8 Å². The summed E-state index contributed by atoms with van der Waals surface area (Å²) in [6.07, 6.45) is -10.1. The van der Waals surface area contributed by atoms with Crippen LogP contribution in [0.25, 0.3) is 0 Å². The fraction of sp³-hybridized carbons (Fsp3) is 0.778. The summed E-state index contributed by atoms with van der Waals surface area (Å²) in [4.78, 5) is 27.6. The zero-order valence-corrected chi connectivity index (χ0v) is 50.5. The molecule has 4 heterocycles. The van der Waals surface area contributed by atoms with Crippen molar-refractivity contribution in [1.29, 1.82) is 0 Å². The van der Waals surface area contributed by atoms with Gasteiger partial charge in [-0.3, -0.25) is 0 Å². The summed E-state index contributed by atoms with van der Waals surface area (Å²) in [6, 6.07) is 17.1. The highest BCUT2D eigenvalue weighted by molar-refractivity contribution is 5.90. The van der Waals surface area contributed by atoms with Crippen molar-refractivity contribution >= 4 is 11.9 Å². The Bertz CT molecular complexity index is 2530. The van der Waals surface area contributed by atoms with Crippen LogP contribution < -0.4 is 0 Å². The van der Waals surface area contributed by atoms with Crippen molar-refractivity contribution in [2.45, 2.75) is 259 Å². The molecular weight excluding hydrogens is 1090 g/mol. The van der Waals surface area contributed by atoms with Crippen LogP contribution >= 0.6 is 0 Å². The highest BCUT2D eigenvalue weighted by atomic mass is 16.8. The molecule has 0 radical (unpaired) electrons. The SMILES string of the molecule is CO[C@H]1[C@@H](O)[C@H](O[C@@H]2[C@@H](C)O[C@@H](O[C@H]3[C@@H](OC)C[C@H](O[C@H]4[C@@H](OC)C[C@H](O[C@H]5CC[C@@]6(C)[C@@H](CC[C@]7(O)[C@@H]6C[C@@H](OC(=O)c6ccccc6)[C@@]6(C)[C@]7(O)CC[C@@]6(O)[C@H](C)OC(=O)c6ccccc6)C5)O[C@@H]4C)O[C@@H]3C)C[C@H]2OC)O[C@H](C)[C@H]1O. The number of ether oxygens (including phenoxy) is 14. The molecule has 4 saturated heterocycles. The average molecular weight is 1190 g/mol. The van der Waals surface area contributed by atoms with Gasteiger partial charge in [0.2, 0.25) is 0 Å². The van der Waals surface area contributed by atoms with Crippen molar-refractivity contribution in [1.82, 2.24) is 0 Å². The summed E-state index contributed by atoms with van der Waals surface area (Å²) in [7, 11) is 6.26. The van der Waals surface area contributed by atoms with Gasteiger partial charge in [-0.05, 0) is 128 Å². The molecule has 8 fully saturated rings. The molecule has 470 valence electrons. The predicted molar refractivity (Wildman–Crippen MR) is 298 cm³/mol. The number of hydrogen-bond donors (Lipinski definition) is 5. The predicted octanol–water partition coefficient (Wildman–Crippen LogP) is 5.54. The van der Waals surface area contributed by atoms with Gasteiger partial charge >= 0.3 is 11.9 Å². The molecular formula is C63H92O21. The van der Waals surface area contributed by atoms with E-state index in [-0.39, 0.29) is 37.7 Å². The van der Waals surface area contributed by atoms with Crippen molar-refractivity contribution in [3.05, 3.63) is 71.8 Å². The van der Waals surface area contributed by atoms with Crippen molar-refractivity contribution in [2.75, 3.05) is 28.4 Å². The lowest BCUT2D eigenvalue weighted by Gasteiger charge is -2.69. The maximum absolute atomic E-state index is 14.1. The minimum Gasteiger partial charge on any atom is -0.458 e. The van der Waals surface area contributed by atoms with Gasteiger partial charge in [0.15, 0.2) is 25.2 Å². The highest BCUT2D eigenvalue weighted by Gasteiger charge is 2.82. The van der Waals surface area contributed by atoms with Gasteiger partial charge in [0.05, 0.1) is 71.0 Å². The Morgan fingerprint density at radius 1 is 0.560 bits per heavy atom. The molecule has 27 atom stereocenters. The van der Waals surface area contributed by atoms with E-state index in [9.17, 15) is 35.1 Å². The zero-order valence-electron chi connectivity index (χ0n) is 50.5. The van der Waals surface area contributed by atoms with Crippen molar-refractivity contribution in [2.24, 2.45) is 22.7 Å². The van der Waals surface area contributed by atoms with Crippen LogP contribution in [-0.4, -0.2) is 206 Å². The molecule has 5 N–H and O–H groups in total. The molecule has 8 aliphatic rings. The van der Waals surface area contributed by atoms with Crippen LogP contribution in [0.1, 0.15) is 140 Å². The molecule has 2 aromatic carbocycles. The molecule has 4 aliphatic heterocycles. The number of methoxy groups -OCH3 is 4. The first-order chi connectivity index (χ1) is 40.0. The fourth-order valence-corrected chi connectivity index (χ4v) is 16.5. The van der Waals surface area contributed by atoms with Gasteiger partial charge in [0, 0.05) is 47.7 Å². The molecule has 4 aliphatic carbocycles. The first-order valence-corrected chi connectivity index (χ1v) is 30.4. The van der Waals surface area contributed by atoms with Crippen molar-refractivity contribution < 1.29 is 101 Å². The lowest BCUT2D eigenvalue weighted by molar-refractivity contribution is -0.356. The Balaban J connectivity index is 0.764. The minimum atomic E-state index is -1.95. The van der Waals surface area contributed by atoms with Gasteiger partial charge in [0.1, 0.15) is 60.0 Å². The highest BCUT2D eigenvalue weighted by Crippen LogP contribution is 2.72. The quantitative estimate of drug-likeness (QED) is 0.0961. The van der Waals surface area contributed by atoms with Crippen LogP contribution in [0.15, 0.2) is 60.7 Å². The van der Waals surface area contributed by atoms with E-state index in [2.05, 4.69) is 6.92 Å². The van der Waals surface area contributed by atoms with E-state index >= 15 is 0 Å². The Morgan fingerprint density at radius 2 is 1.07 bits per heavy atom. The van der Waals surface area contributed by atoms with Crippen LogP contribution in [0.2, 0.25) is 0 Å². The number of aliphatic hydroxyl groups is 5. The van der Waals surface area contributed by atoms with Gasteiger partial charge in [-0.15, -0.1) is 0 Å². The minimum absolute atomic E-state index is 0.0129. The van der Waals surface area contributed by atoms with E-state index in [4.69, 9.17) is 66.3 Å². The number of hydrogen-bond acceptors (Lipinski definition) is 21. The number of carbonyl (C=O) groups excluding carboxylic acids is 2. The second-order valence-corrected chi connectivity index (χ2v) is 25.7. The maximum atomic E-state index is 14.1. The molecule has 2 aromatic rings. The summed E-state index contributed by atoms with van der Waals surface area (Å²) >= 11 is 0. The van der Waals surface area contributed by atoms with Gasteiger partial charge < -0.3 is 91.8 Å². The number of benzene rings is 2. The van der Waals surface area contributed by atoms with E-state index in [1.165, 1.54) is 7.11 Å². The molecule has 0 spiro atoms. The molecule has 0 amide bonds. The number of esters is 2. The molecule has 10 rings (SSSR count). The van der Waals surface area contributed by atoms with Gasteiger partial charge in [-0.2, -0.15) is 0 Å². The molecule has 0 unspecified atom stereocenters. The smallest absolute Gasteiger partial charge is 0.338 e. The molecule has 84 heavy (non-hydrogen) atoms. The van der Waals surface area contributed by atoms with Crippen LogP contribution in [0.3, 0.4) is 0 Å². The zero-order chi connectivity index (χ0) is 60.3. The van der Waals surface area contributed by atoms with E-state index in [0.29, 0.717) is 56.1 Å². The first-order valence-electron chi connectivity index (χ1n) is 30.4. The Hall–Kier alpha value is -3.30. The van der Waals surface area contributed by atoms with Crippen LogP contribution in [0, 0.1) is 22.7 Å². The summed E-state index contributed by atoms with van der Waals surface area (Å²) in [6.45, 7) is 12.8. The summed E-state index contributed by atoms with van der Waals surface area (Å²) in [5.74, 6) is -1.75. The van der Waals surface area contributed by atoms with Crippen LogP contribution in [0.4, 0.5) is 0 Å². The molecule has 21 heteroatoms. The molecule has 4 saturated carbocycles. The third-order valence-electron chi connectivity index (χ3n) is 21.5. The van der Waals surface area contributed by atoms with E-state index in [0.717, 1.165) is 0 Å². The average Bonchev–Trinajstić information content (AvgIpc) is 1.35. The Morgan fingerprint density at radius 3 is 1.60 bits per heavy atom. The normalized spacial score (nSPS) is 47.1. The van der Waals surface area contributed by atoms with Crippen LogP contribution in [0.5, 0.6) is 0 Å².